The van der Waals surface area contributed by atoms with Crippen LogP contribution in [0.2, 0.25) is 0 Å². The van der Waals surface area contributed by atoms with Crippen LogP contribution in [0.1, 0.15) is 122 Å². The van der Waals surface area contributed by atoms with E-state index in [1.54, 1.807) is 0 Å². The maximum Gasteiger partial charge on any atom is 0.114 e. The predicted octanol–water partition coefficient (Wildman–Crippen LogP) is 5.70. The van der Waals surface area contributed by atoms with Gasteiger partial charge in [-0.2, -0.15) is 0 Å². The summed E-state index contributed by atoms with van der Waals surface area (Å²) in [7, 11) is 4.84. The molecule has 1 atom stereocenters. The van der Waals surface area contributed by atoms with Gasteiger partial charge in [-0.15, -0.1) is 0 Å². The molecule has 0 radical (unpaired) electrons. The Kier molecular flexibility index (Phi) is 17.9. The normalized spacial score (nSPS) is 12.6. The first-order valence-corrected chi connectivity index (χ1v) is 12.5. The summed E-state index contributed by atoms with van der Waals surface area (Å²) in [6.45, 7) is 5.93. The van der Waals surface area contributed by atoms with Gasteiger partial charge in [0.15, 0.2) is 0 Å². The molecule has 2 heteroatoms. The number of hydrogen-bond donors (Lipinski definition) is 0. The van der Waals surface area contributed by atoms with Crippen molar-refractivity contribution >= 4 is 0 Å². The van der Waals surface area contributed by atoms with Gasteiger partial charge in [0.1, 0.15) is 6.04 Å². The van der Waals surface area contributed by atoms with Crippen LogP contribution in [-0.2, 0) is 0 Å². The molecule has 170 valence electrons. The second-order valence-electron chi connectivity index (χ2n) is 9.43. The summed E-state index contributed by atoms with van der Waals surface area (Å²) in [4.78, 5) is 0. The van der Waals surface area contributed by atoms with Gasteiger partial charge >= 0.3 is 0 Å². The van der Waals surface area contributed by atoms with Gasteiger partial charge in [0.05, 0.1) is 20.6 Å². The highest BCUT2D eigenvalue weighted by Crippen LogP contribution is 2.28. The topological polar surface area (TPSA) is 0 Å². The quantitative estimate of drug-likeness (QED) is 0.210. The zero-order valence-electron chi connectivity index (χ0n) is 20.1. The Morgan fingerprint density at radius 3 is 1.45 bits per heavy atom. The Hall–Kier alpha value is -0.530. The summed E-state index contributed by atoms with van der Waals surface area (Å²) in [5, 5.41) is 0. The van der Waals surface area contributed by atoms with Crippen LogP contribution in [0.25, 0.3) is 0 Å². The zero-order valence-corrected chi connectivity index (χ0v) is 20.9. The second kappa shape index (κ2) is 18.3. The first-order valence-electron chi connectivity index (χ1n) is 12.5. The first-order chi connectivity index (χ1) is 13.6. The lowest BCUT2D eigenvalue weighted by molar-refractivity contribution is -0.921. The molecule has 0 saturated carbocycles. The van der Waals surface area contributed by atoms with Crippen molar-refractivity contribution < 1.29 is 16.9 Å². The third-order valence-electron chi connectivity index (χ3n) is 6.50. The largest absolute Gasteiger partial charge is 1.00 e. The van der Waals surface area contributed by atoms with Gasteiger partial charge in [0.2, 0.25) is 0 Å². The van der Waals surface area contributed by atoms with Gasteiger partial charge in [-0.05, 0) is 12.8 Å². The smallest absolute Gasteiger partial charge is 0.114 e. The number of benzene rings is 1. The molecule has 0 aliphatic carbocycles. The molecular weight excluding hydrogens is 374 g/mol. The predicted molar refractivity (Wildman–Crippen MR) is 127 cm³/mol. The lowest BCUT2D eigenvalue weighted by Crippen LogP contribution is -3.00. The molecule has 0 aromatic heterocycles. The minimum absolute atomic E-state index is 0. The molecule has 1 aromatic rings. The van der Waals surface area contributed by atoms with Gasteiger partial charge in [-0.3, -0.25) is 0 Å². The van der Waals surface area contributed by atoms with Gasteiger partial charge in [-0.1, -0.05) is 121 Å². The number of rotatable bonds is 18. The van der Waals surface area contributed by atoms with Crippen LogP contribution in [0.4, 0.5) is 0 Å². The van der Waals surface area contributed by atoms with Crippen molar-refractivity contribution in [2.75, 3.05) is 20.6 Å². The summed E-state index contributed by atoms with van der Waals surface area (Å²) in [6, 6.07) is 11.7. The fourth-order valence-corrected chi connectivity index (χ4v) is 4.68. The zero-order chi connectivity index (χ0) is 20.5. The lowest BCUT2D eigenvalue weighted by Gasteiger charge is -2.38. The van der Waals surface area contributed by atoms with E-state index < -0.39 is 0 Å². The number of halogens is 1. The van der Waals surface area contributed by atoms with Crippen molar-refractivity contribution in [3.63, 3.8) is 0 Å². The van der Waals surface area contributed by atoms with Crippen molar-refractivity contribution in [2.24, 2.45) is 0 Å². The molecule has 1 aromatic carbocycles. The fourth-order valence-electron chi connectivity index (χ4n) is 4.68. The van der Waals surface area contributed by atoms with Crippen molar-refractivity contribution in [1.82, 2.24) is 0 Å². The van der Waals surface area contributed by atoms with E-state index in [1.807, 2.05) is 0 Å². The number of unbranched alkanes of at least 4 members (excludes halogenated alkanes) is 13. The summed E-state index contributed by atoms with van der Waals surface area (Å²) < 4.78 is 1.12. The van der Waals surface area contributed by atoms with E-state index in [9.17, 15) is 0 Å². The Morgan fingerprint density at radius 1 is 0.621 bits per heavy atom. The number of nitrogens with zero attached hydrogens (tertiary/aromatic N) is 1. The van der Waals surface area contributed by atoms with Gasteiger partial charge in [-0.25, -0.2) is 0 Å². The third kappa shape index (κ3) is 13.4. The first kappa shape index (κ1) is 28.5. The highest BCUT2D eigenvalue weighted by molar-refractivity contribution is 5.17. The summed E-state index contributed by atoms with van der Waals surface area (Å²) in [5.41, 5.74) is 1.50. The van der Waals surface area contributed by atoms with E-state index in [4.69, 9.17) is 0 Å². The highest BCUT2D eigenvalue weighted by atomic mass is 35.5. The third-order valence-corrected chi connectivity index (χ3v) is 6.50. The average molecular weight is 424 g/mol. The van der Waals surface area contributed by atoms with Crippen molar-refractivity contribution in [3.8, 4) is 0 Å². The van der Waals surface area contributed by atoms with Gasteiger partial charge in [0.25, 0.3) is 0 Å². The lowest BCUT2D eigenvalue weighted by atomic mass is 10.0. The van der Waals surface area contributed by atoms with Gasteiger partial charge in [0, 0.05) is 12.0 Å². The number of quaternary nitrogens is 1. The van der Waals surface area contributed by atoms with Crippen molar-refractivity contribution in [1.29, 1.82) is 0 Å². The van der Waals surface area contributed by atoms with Crippen LogP contribution in [0.15, 0.2) is 30.3 Å². The number of hydrogen-bond acceptors (Lipinski definition) is 0. The van der Waals surface area contributed by atoms with Crippen LogP contribution < -0.4 is 12.4 Å². The van der Waals surface area contributed by atoms with Gasteiger partial charge < -0.3 is 16.9 Å². The average Bonchev–Trinajstić information content (AvgIpc) is 2.69. The Morgan fingerprint density at radius 2 is 1.03 bits per heavy atom. The summed E-state index contributed by atoms with van der Waals surface area (Å²) in [6.07, 6.45) is 21.4. The Balaban J connectivity index is 0.00000784. The van der Waals surface area contributed by atoms with E-state index in [0.29, 0.717) is 6.04 Å². The molecule has 1 nitrogen and oxygen atoms in total. The van der Waals surface area contributed by atoms with Crippen LogP contribution in [0.5, 0.6) is 0 Å². The van der Waals surface area contributed by atoms with E-state index in [1.165, 1.54) is 108 Å². The van der Waals surface area contributed by atoms with E-state index >= 15 is 0 Å². The molecule has 0 heterocycles. The monoisotopic (exact) mass is 423 g/mol. The molecule has 0 amide bonds. The Labute approximate surface area is 189 Å². The van der Waals surface area contributed by atoms with Crippen LogP contribution >= 0.6 is 0 Å². The maximum absolute atomic E-state index is 2.42. The van der Waals surface area contributed by atoms with Crippen LogP contribution in [-0.4, -0.2) is 25.1 Å². The van der Waals surface area contributed by atoms with Crippen LogP contribution in [0.3, 0.4) is 0 Å². The van der Waals surface area contributed by atoms with Crippen molar-refractivity contribution in [2.45, 2.75) is 116 Å². The highest BCUT2D eigenvalue weighted by Gasteiger charge is 2.27. The molecule has 0 spiro atoms. The summed E-state index contributed by atoms with van der Waals surface area (Å²) in [5.74, 6) is 0. The van der Waals surface area contributed by atoms with E-state index in [-0.39, 0.29) is 12.4 Å². The van der Waals surface area contributed by atoms with Crippen molar-refractivity contribution in [3.05, 3.63) is 35.9 Å². The maximum atomic E-state index is 2.42. The molecule has 0 N–H and O–H groups in total. The fraction of sp³-hybridized carbons (Fsp3) is 0.778. The second-order valence-corrected chi connectivity index (χ2v) is 9.43. The molecule has 1 rings (SSSR count). The molecule has 29 heavy (non-hydrogen) atoms. The minimum Gasteiger partial charge on any atom is -1.00 e. The minimum atomic E-state index is 0. The molecule has 0 saturated heterocycles. The standard InChI is InChI=1S/C27H50N.ClH/c1-5-7-8-9-10-11-12-13-14-15-16-17-18-22-25-28(3,4)27(6-2)26-23-20-19-21-24-26;/h19-21,23-24,27H,5-18,22,25H2,1-4H3;1H/q+1;/p-1. The summed E-state index contributed by atoms with van der Waals surface area (Å²) >= 11 is 0. The van der Waals surface area contributed by atoms with Crippen LogP contribution in [0, 0.1) is 0 Å². The molecule has 0 aliphatic heterocycles. The molecule has 1 unspecified atom stereocenters. The molecular formula is C27H50ClN. The molecule has 0 bridgehead atoms. The van der Waals surface area contributed by atoms with E-state index in [0.717, 1.165) is 4.48 Å². The molecule has 0 aliphatic rings. The Bertz CT molecular complexity index is 457. The molecule has 0 fully saturated rings. The van der Waals surface area contributed by atoms with E-state index in [2.05, 4.69) is 58.3 Å². The SMILES string of the molecule is CCCCCCCCCCCCCCCC[N+](C)(C)C(CC)c1ccccc1.[Cl-].